The van der Waals surface area contributed by atoms with Gasteiger partial charge in [0.25, 0.3) is 0 Å². The van der Waals surface area contributed by atoms with Crippen molar-refractivity contribution < 1.29 is 0 Å². The zero-order valence-electron chi connectivity index (χ0n) is 7.37. The Labute approximate surface area is 76.8 Å². The van der Waals surface area contributed by atoms with E-state index in [4.69, 9.17) is 18.0 Å². The van der Waals surface area contributed by atoms with Crippen LogP contribution in [0.15, 0.2) is 0 Å². The van der Waals surface area contributed by atoms with E-state index < -0.39 is 0 Å². The Kier molecular flexibility index (Phi) is 2.99. The van der Waals surface area contributed by atoms with Gasteiger partial charge in [-0.05, 0) is 26.1 Å². The lowest BCUT2D eigenvalue weighted by Gasteiger charge is -2.05. The monoisotopic (exact) mass is 186 g/mol. The molecule has 0 aliphatic rings. The summed E-state index contributed by atoms with van der Waals surface area (Å²) in [6, 6.07) is 0.125. The summed E-state index contributed by atoms with van der Waals surface area (Å²) in [5.41, 5.74) is 5.66. The maximum Gasteiger partial charge on any atom is 0.195 e. The van der Waals surface area contributed by atoms with Gasteiger partial charge >= 0.3 is 0 Å². The lowest BCUT2D eigenvalue weighted by Crippen LogP contribution is -2.20. The Morgan fingerprint density at radius 1 is 1.75 bits per heavy atom. The topological polar surface area (TPSA) is 59.6 Å². The van der Waals surface area contributed by atoms with E-state index in [0.717, 1.165) is 18.8 Å². The maximum absolute atomic E-state index is 5.66. The second-order valence-corrected chi connectivity index (χ2v) is 3.26. The van der Waals surface area contributed by atoms with Crippen molar-refractivity contribution in [3.05, 3.63) is 10.6 Å². The van der Waals surface area contributed by atoms with Crippen LogP contribution in [-0.2, 0) is 13.0 Å². The summed E-state index contributed by atoms with van der Waals surface area (Å²) in [7, 11) is 0. The van der Waals surface area contributed by atoms with Crippen LogP contribution >= 0.6 is 12.2 Å². The van der Waals surface area contributed by atoms with Gasteiger partial charge in [0.1, 0.15) is 5.82 Å². The zero-order chi connectivity index (χ0) is 9.14. The quantitative estimate of drug-likeness (QED) is 0.688. The van der Waals surface area contributed by atoms with Crippen LogP contribution in [0.5, 0.6) is 0 Å². The van der Waals surface area contributed by atoms with Crippen molar-refractivity contribution in [1.29, 1.82) is 0 Å². The summed E-state index contributed by atoms with van der Waals surface area (Å²) in [5, 5.41) is 6.85. The molecule has 1 unspecified atom stereocenters. The highest BCUT2D eigenvalue weighted by molar-refractivity contribution is 7.71. The molecule has 0 saturated carbocycles. The first kappa shape index (κ1) is 9.41. The van der Waals surface area contributed by atoms with Gasteiger partial charge in [-0.1, -0.05) is 0 Å². The fraction of sp³-hybridized carbons (Fsp3) is 0.714. The molecule has 0 aromatic carbocycles. The highest BCUT2D eigenvalue weighted by Crippen LogP contribution is 2.00. The minimum absolute atomic E-state index is 0.125. The van der Waals surface area contributed by atoms with Gasteiger partial charge in [0.15, 0.2) is 4.77 Å². The van der Waals surface area contributed by atoms with Gasteiger partial charge in [0, 0.05) is 19.0 Å². The summed E-state index contributed by atoms with van der Waals surface area (Å²) in [6.45, 7) is 4.84. The van der Waals surface area contributed by atoms with Crippen LogP contribution in [0.2, 0.25) is 0 Å². The van der Waals surface area contributed by atoms with Gasteiger partial charge in [-0.2, -0.15) is 5.10 Å². The Morgan fingerprint density at radius 2 is 2.42 bits per heavy atom. The maximum atomic E-state index is 5.66. The van der Waals surface area contributed by atoms with Gasteiger partial charge in [-0.15, -0.1) is 0 Å². The molecule has 0 aliphatic heterocycles. The normalized spacial score (nSPS) is 13.2. The lowest BCUT2D eigenvalue weighted by molar-refractivity contribution is 0.633. The highest BCUT2D eigenvalue weighted by Gasteiger charge is 2.05. The largest absolute Gasteiger partial charge is 0.328 e. The van der Waals surface area contributed by atoms with Crippen LogP contribution in [0.1, 0.15) is 19.7 Å². The molecule has 12 heavy (non-hydrogen) atoms. The Bertz CT molecular complexity index is 299. The fourth-order valence-electron chi connectivity index (χ4n) is 1.12. The van der Waals surface area contributed by atoms with Crippen LogP contribution in [-0.4, -0.2) is 20.8 Å². The third-order valence-corrected chi connectivity index (χ3v) is 1.97. The van der Waals surface area contributed by atoms with E-state index in [-0.39, 0.29) is 6.04 Å². The molecule has 0 fully saturated rings. The number of rotatable bonds is 3. The van der Waals surface area contributed by atoms with Crippen molar-refractivity contribution in [3.8, 4) is 0 Å². The average Bonchev–Trinajstić information content (AvgIpc) is 2.30. The minimum atomic E-state index is 0.125. The standard InChI is InChI=1S/C7H14N4S/c1-3-11-6(4-5(2)8)9-10-7(11)12/h5H,3-4,8H2,1-2H3,(H,10,12). The van der Waals surface area contributed by atoms with E-state index in [9.17, 15) is 0 Å². The molecule has 4 nitrogen and oxygen atoms in total. The van der Waals surface area contributed by atoms with Crippen LogP contribution in [0.4, 0.5) is 0 Å². The predicted octanol–water partition coefficient (Wildman–Crippen LogP) is 0.850. The smallest absolute Gasteiger partial charge is 0.195 e. The van der Waals surface area contributed by atoms with Crippen molar-refractivity contribution in [1.82, 2.24) is 14.8 Å². The van der Waals surface area contributed by atoms with Gasteiger partial charge in [-0.3, -0.25) is 5.10 Å². The third-order valence-electron chi connectivity index (χ3n) is 1.66. The Hall–Kier alpha value is -0.680. The molecule has 1 atom stereocenters. The average molecular weight is 186 g/mol. The molecular formula is C7H14N4S. The number of aromatic nitrogens is 3. The number of nitrogens with zero attached hydrogens (tertiary/aromatic N) is 2. The molecule has 1 aromatic rings. The molecule has 68 valence electrons. The molecule has 5 heteroatoms. The van der Waals surface area contributed by atoms with E-state index >= 15 is 0 Å². The first-order valence-corrected chi connectivity index (χ1v) is 4.45. The summed E-state index contributed by atoms with van der Waals surface area (Å²) in [6.07, 6.45) is 0.765. The highest BCUT2D eigenvalue weighted by atomic mass is 32.1. The molecule has 0 bridgehead atoms. The molecule has 0 aliphatic carbocycles. The minimum Gasteiger partial charge on any atom is -0.328 e. The van der Waals surface area contributed by atoms with Crippen molar-refractivity contribution in [2.45, 2.75) is 32.9 Å². The van der Waals surface area contributed by atoms with Crippen LogP contribution in [0.3, 0.4) is 0 Å². The third kappa shape index (κ3) is 1.92. The second-order valence-electron chi connectivity index (χ2n) is 2.87. The molecule has 1 aromatic heterocycles. The van der Waals surface area contributed by atoms with Gasteiger partial charge in [-0.25, -0.2) is 0 Å². The molecule has 1 heterocycles. The summed E-state index contributed by atoms with van der Waals surface area (Å²) < 4.78 is 2.63. The molecule has 0 amide bonds. The lowest BCUT2D eigenvalue weighted by atomic mass is 10.2. The number of hydrogen-bond acceptors (Lipinski definition) is 3. The van der Waals surface area contributed by atoms with E-state index in [1.807, 2.05) is 18.4 Å². The predicted molar refractivity (Wildman–Crippen MR) is 50.4 cm³/mol. The van der Waals surface area contributed by atoms with Crippen molar-refractivity contribution in [3.63, 3.8) is 0 Å². The molecule has 0 spiro atoms. The molecule has 0 saturated heterocycles. The van der Waals surface area contributed by atoms with Gasteiger partial charge in [0.05, 0.1) is 0 Å². The number of H-pyrrole nitrogens is 1. The fourth-order valence-corrected chi connectivity index (χ4v) is 1.40. The number of aromatic amines is 1. The van der Waals surface area contributed by atoms with Crippen molar-refractivity contribution in [2.75, 3.05) is 0 Å². The van der Waals surface area contributed by atoms with Gasteiger partial charge < -0.3 is 10.3 Å². The number of nitrogens with two attached hydrogens (primary N) is 1. The van der Waals surface area contributed by atoms with Crippen LogP contribution < -0.4 is 5.73 Å². The van der Waals surface area contributed by atoms with Crippen molar-refractivity contribution in [2.24, 2.45) is 5.73 Å². The molecule has 3 N–H and O–H groups in total. The first-order valence-electron chi connectivity index (χ1n) is 4.04. The van der Waals surface area contributed by atoms with Crippen molar-refractivity contribution >= 4 is 12.2 Å². The van der Waals surface area contributed by atoms with Crippen LogP contribution in [0, 0.1) is 4.77 Å². The van der Waals surface area contributed by atoms with Crippen LogP contribution in [0.25, 0.3) is 0 Å². The van der Waals surface area contributed by atoms with E-state index in [1.165, 1.54) is 0 Å². The molecular weight excluding hydrogens is 172 g/mol. The summed E-state index contributed by atoms with van der Waals surface area (Å²) in [5.74, 6) is 0.942. The first-order chi connectivity index (χ1) is 5.65. The zero-order valence-corrected chi connectivity index (χ0v) is 8.19. The van der Waals surface area contributed by atoms with E-state index in [1.54, 1.807) is 0 Å². The summed E-state index contributed by atoms with van der Waals surface area (Å²) in [4.78, 5) is 0. The second kappa shape index (κ2) is 3.82. The number of hydrogen-bond donors (Lipinski definition) is 2. The van der Waals surface area contributed by atoms with Gasteiger partial charge in [0.2, 0.25) is 0 Å². The molecule has 0 radical (unpaired) electrons. The number of nitrogens with one attached hydrogen (secondary N) is 1. The Morgan fingerprint density at radius 3 is 2.92 bits per heavy atom. The summed E-state index contributed by atoms with van der Waals surface area (Å²) >= 11 is 5.03. The van der Waals surface area contributed by atoms with E-state index in [2.05, 4.69) is 10.2 Å². The Balaban J connectivity index is 2.92. The van der Waals surface area contributed by atoms with E-state index in [0.29, 0.717) is 4.77 Å². The SMILES string of the molecule is CCn1c(CC(C)N)n[nH]c1=S. The molecule has 1 rings (SSSR count).